The number of hydrogen-bond donors (Lipinski definition) is 1. The molecule has 26 heavy (non-hydrogen) atoms. The monoisotopic (exact) mass is 354 g/mol. The quantitative estimate of drug-likeness (QED) is 0.867. The van der Waals surface area contributed by atoms with Crippen molar-refractivity contribution in [2.45, 2.75) is 26.3 Å². The number of rotatable bonds is 6. The van der Waals surface area contributed by atoms with E-state index in [4.69, 9.17) is 0 Å². The van der Waals surface area contributed by atoms with Gasteiger partial charge in [-0.3, -0.25) is 9.59 Å². The number of hydrogen-bond acceptors (Lipinski definition) is 2. The van der Waals surface area contributed by atoms with Crippen LogP contribution in [0.25, 0.3) is 0 Å². The molecule has 3 rings (SSSR count). The minimum atomic E-state index is -0.304. The standard InChI is InChI=1S/C21H23FN2O2/c1-15-2-4-17(5-3-15)13-23-21(26)18-12-20(25)24(14-18)11-10-16-6-8-19(22)9-7-16/h2-9,18H,10-14H2,1H3,(H,23,26). The SMILES string of the molecule is Cc1ccc(CNC(=O)C2CC(=O)N(CCc3ccc(F)cc3)C2)cc1. The summed E-state index contributed by atoms with van der Waals surface area (Å²) in [7, 11) is 0. The molecule has 0 radical (unpaired) electrons. The molecule has 2 aromatic rings. The van der Waals surface area contributed by atoms with Gasteiger partial charge in [-0.15, -0.1) is 0 Å². The minimum absolute atomic E-state index is 0.00241. The molecule has 0 spiro atoms. The maximum absolute atomic E-state index is 12.9. The highest BCUT2D eigenvalue weighted by atomic mass is 19.1. The van der Waals surface area contributed by atoms with E-state index in [1.165, 1.54) is 17.7 Å². The Bertz CT molecular complexity index is 772. The lowest BCUT2D eigenvalue weighted by atomic mass is 10.1. The predicted molar refractivity (Wildman–Crippen MR) is 97.8 cm³/mol. The highest BCUT2D eigenvalue weighted by Gasteiger charge is 2.33. The maximum Gasteiger partial charge on any atom is 0.225 e. The summed E-state index contributed by atoms with van der Waals surface area (Å²) in [5.74, 6) is -0.650. The van der Waals surface area contributed by atoms with Gasteiger partial charge in [0, 0.05) is 26.1 Å². The summed E-state index contributed by atoms with van der Waals surface area (Å²) >= 11 is 0. The van der Waals surface area contributed by atoms with Gasteiger partial charge in [0.1, 0.15) is 5.82 Å². The van der Waals surface area contributed by atoms with Crippen LogP contribution in [0, 0.1) is 18.7 Å². The van der Waals surface area contributed by atoms with Crippen LogP contribution in [0.3, 0.4) is 0 Å². The number of amides is 2. The smallest absolute Gasteiger partial charge is 0.225 e. The van der Waals surface area contributed by atoms with Crippen molar-refractivity contribution in [2.75, 3.05) is 13.1 Å². The number of nitrogens with one attached hydrogen (secondary N) is 1. The lowest BCUT2D eigenvalue weighted by molar-refractivity contribution is -0.129. The van der Waals surface area contributed by atoms with Crippen LogP contribution in [0.2, 0.25) is 0 Å². The van der Waals surface area contributed by atoms with E-state index in [0.29, 0.717) is 26.1 Å². The minimum Gasteiger partial charge on any atom is -0.352 e. The Balaban J connectivity index is 1.47. The Labute approximate surface area is 153 Å². The van der Waals surface area contributed by atoms with Gasteiger partial charge >= 0.3 is 0 Å². The Morgan fingerprint density at radius 2 is 1.77 bits per heavy atom. The summed E-state index contributed by atoms with van der Waals surface area (Å²) in [6.45, 7) is 3.48. The Hall–Kier alpha value is -2.69. The summed E-state index contributed by atoms with van der Waals surface area (Å²) in [4.78, 5) is 26.2. The summed E-state index contributed by atoms with van der Waals surface area (Å²) < 4.78 is 12.9. The highest BCUT2D eigenvalue weighted by molar-refractivity contribution is 5.89. The van der Waals surface area contributed by atoms with Crippen LogP contribution in [0.15, 0.2) is 48.5 Å². The maximum atomic E-state index is 12.9. The number of nitrogens with zero attached hydrogens (tertiary/aromatic N) is 1. The molecular formula is C21H23FN2O2. The second kappa shape index (κ2) is 8.13. The molecule has 136 valence electrons. The number of halogens is 1. The van der Waals surface area contributed by atoms with Gasteiger partial charge < -0.3 is 10.2 Å². The molecular weight excluding hydrogens is 331 g/mol. The number of likely N-dealkylation sites (tertiary alicyclic amines) is 1. The van der Waals surface area contributed by atoms with Crippen LogP contribution >= 0.6 is 0 Å². The molecule has 1 heterocycles. The average molecular weight is 354 g/mol. The third kappa shape index (κ3) is 4.69. The lowest BCUT2D eigenvalue weighted by Crippen LogP contribution is -2.33. The first-order chi connectivity index (χ1) is 12.5. The van der Waals surface area contributed by atoms with Crippen LogP contribution in [0.5, 0.6) is 0 Å². The van der Waals surface area contributed by atoms with Crippen LogP contribution in [0.1, 0.15) is 23.1 Å². The summed E-state index contributed by atoms with van der Waals surface area (Å²) in [5, 5.41) is 2.92. The summed E-state index contributed by atoms with van der Waals surface area (Å²) in [6.07, 6.45) is 0.910. The van der Waals surface area contributed by atoms with Gasteiger partial charge in [-0.1, -0.05) is 42.0 Å². The van der Waals surface area contributed by atoms with Crippen molar-refractivity contribution < 1.29 is 14.0 Å². The molecule has 1 aliphatic rings. The first-order valence-electron chi connectivity index (χ1n) is 8.87. The van der Waals surface area contributed by atoms with E-state index in [-0.39, 0.29) is 30.0 Å². The van der Waals surface area contributed by atoms with Crippen molar-refractivity contribution in [3.63, 3.8) is 0 Å². The topological polar surface area (TPSA) is 49.4 Å². The van der Waals surface area contributed by atoms with E-state index in [0.717, 1.165) is 11.1 Å². The van der Waals surface area contributed by atoms with E-state index < -0.39 is 0 Å². The predicted octanol–water partition coefficient (Wildman–Crippen LogP) is 2.84. The van der Waals surface area contributed by atoms with Gasteiger partial charge in [0.2, 0.25) is 11.8 Å². The number of carbonyl (C=O) groups is 2. The largest absolute Gasteiger partial charge is 0.352 e. The Morgan fingerprint density at radius 1 is 1.12 bits per heavy atom. The molecule has 0 saturated carbocycles. The van der Waals surface area contributed by atoms with Crippen LogP contribution in [-0.2, 0) is 22.6 Å². The third-order valence-corrected chi connectivity index (χ3v) is 4.76. The normalized spacial score (nSPS) is 16.8. The number of benzene rings is 2. The van der Waals surface area contributed by atoms with Crippen molar-refractivity contribution in [2.24, 2.45) is 5.92 Å². The van der Waals surface area contributed by atoms with Gasteiger partial charge in [0.25, 0.3) is 0 Å². The molecule has 4 nitrogen and oxygen atoms in total. The van der Waals surface area contributed by atoms with Crippen molar-refractivity contribution in [3.05, 3.63) is 71.0 Å². The van der Waals surface area contributed by atoms with Gasteiger partial charge in [-0.25, -0.2) is 4.39 Å². The molecule has 5 heteroatoms. The van der Waals surface area contributed by atoms with Crippen LogP contribution in [0.4, 0.5) is 4.39 Å². The number of carbonyl (C=O) groups excluding carboxylic acids is 2. The molecule has 0 aliphatic carbocycles. The molecule has 1 N–H and O–H groups in total. The Morgan fingerprint density at radius 3 is 2.46 bits per heavy atom. The van der Waals surface area contributed by atoms with E-state index in [9.17, 15) is 14.0 Å². The van der Waals surface area contributed by atoms with Crippen LogP contribution < -0.4 is 5.32 Å². The highest BCUT2D eigenvalue weighted by Crippen LogP contribution is 2.19. The fraction of sp³-hybridized carbons (Fsp3) is 0.333. The molecule has 1 saturated heterocycles. The molecule has 1 fully saturated rings. The van der Waals surface area contributed by atoms with Crippen LogP contribution in [-0.4, -0.2) is 29.8 Å². The van der Waals surface area contributed by atoms with E-state index >= 15 is 0 Å². The first kappa shape index (κ1) is 18.1. The first-order valence-corrected chi connectivity index (χ1v) is 8.87. The fourth-order valence-corrected chi connectivity index (χ4v) is 3.12. The van der Waals surface area contributed by atoms with Crippen molar-refractivity contribution >= 4 is 11.8 Å². The molecule has 2 amide bonds. The van der Waals surface area contributed by atoms with Crippen molar-refractivity contribution in [1.29, 1.82) is 0 Å². The van der Waals surface area contributed by atoms with Gasteiger partial charge in [-0.2, -0.15) is 0 Å². The number of aryl methyl sites for hydroxylation is 1. The summed E-state index contributed by atoms with van der Waals surface area (Å²) in [6, 6.07) is 14.3. The molecule has 1 unspecified atom stereocenters. The molecule has 0 aromatic heterocycles. The third-order valence-electron chi connectivity index (χ3n) is 4.76. The Kier molecular flexibility index (Phi) is 5.66. The second-order valence-corrected chi connectivity index (χ2v) is 6.82. The molecule has 1 atom stereocenters. The van der Waals surface area contributed by atoms with Gasteiger partial charge in [0.15, 0.2) is 0 Å². The average Bonchev–Trinajstić information content (AvgIpc) is 3.01. The zero-order chi connectivity index (χ0) is 18.5. The zero-order valence-corrected chi connectivity index (χ0v) is 14.9. The molecule has 0 bridgehead atoms. The van der Waals surface area contributed by atoms with Gasteiger partial charge in [-0.05, 0) is 36.6 Å². The summed E-state index contributed by atoms with van der Waals surface area (Å²) in [5.41, 5.74) is 3.20. The fourth-order valence-electron chi connectivity index (χ4n) is 3.12. The lowest BCUT2D eigenvalue weighted by Gasteiger charge is -2.16. The zero-order valence-electron chi connectivity index (χ0n) is 14.9. The van der Waals surface area contributed by atoms with E-state index in [2.05, 4.69) is 5.32 Å². The van der Waals surface area contributed by atoms with Crippen molar-refractivity contribution in [1.82, 2.24) is 10.2 Å². The van der Waals surface area contributed by atoms with E-state index in [1.807, 2.05) is 31.2 Å². The molecule has 1 aliphatic heterocycles. The van der Waals surface area contributed by atoms with Crippen molar-refractivity contribution in [3.8, 4) is 0 Å². The molecule has 2 aromatic carbocycles. The second-order valence-electron chi connectivity index (χ2n) is 6.82. The van der Waals surface area contributed by atoms with E-state index in [1.54, 1.807) is 17.0 Å². The van der Waals surface area contributed by atoms with Gasteiger partial charge in [0.05, 0.1) is 5.92 Å².